The van der Waals surface area contributed by atoms with Crippen LogP contribution in [-0.4, -0.2) is 92.7 Å². The molecule has 24 nitrogen and oxygen atoms in total. The average Bonchev–Trinajstić information content (AvgIpc) is 3.27. The number of rotatable bonds is 20. The van der Waals surface area contributed by atoms with Crippen LogP contribution in [0.3, 0.4) is 0 Å². The van der Waals surface area contributed by atoms with Gasteiger partial charge in [-0.3, -0.25) is 18.1 Å². The molecule has 0 amide bonds. The summed E-state index contributed by atoms with van der Waals surface area (Å²) in [5.41, 5.74) is 4.84. The molecule has 4 heterocycles. The van der Waals surface area contributed by atoms with E-state index in [1.807, 2.05) is 24.3 Å². The van der Waals surface area contributed by atoms with Gasteiger partial charge in [-0.1, -0.05) is 0 Å². The van der Waals surface area contributed by atoms with Gasteiger partial charge in [0.1, 0.15) is 46.0 Å². The highest BCUT2D eigenvalue weighted by Gasteiger charge is 2.38. The predicted octanol–water partition coefficient (Wildman–Crippen LogP) is 7.00. The van der Waals surface area contributed by atoms with E-state index in [1.165, 1.54) is 0 Å². The van der Waals surface area contributed by atoms with E-state index in [9.17, 15) is 57.4 Å². The molecule has 0 saturated heterocycles. The lowest BCUT2D eigenvalue weighted by Gasteiger charge is -2.35. The van der Waals surface area contributed by atoms with Crippen LogP contribution in [0.5, 0.6) is 46.0 Å². The molecule has 4 aromatic carbocycles. The molecule has 8 bridgehead atoms. The van der Waals surface area contributed by atoms with Crippen molar-refractivity contribution in [1.82, 2.24) is 0 Å². The summed E-state index contributed by atoms with van der Waals surface area (Å²) in [5, 5.41) is 0. The first-order valence-corrected chi connectivity index (χ1v) is 28.8. The first kappa shape index (κ1) is 52.6. The van der Waals surface area contributed by atoms with Crippen LogP contribution in [-0.2, 0) is 36.4 Å². The van der Waals surface area contributed by atoms with Gasteiger partial charge in [0.25, 0.3) is 0 Å². The number of phosphoric acid groups is 4. The van der Waals surface area contributed by atoms with Crippen molar-refractivity contribution < 1.29 is 113 Å². The van der Waals surface area contributed by atoms with Crippen LogP contribution in [0.2, 0.25) is 0 Å². The first-order chi connectivity index (χ1) is 34.2. The Hall–Kier alpha value is -4.28. The average molecular weight is 1090 g/mol. The van der Waals surface area contributed by atoms with Gasteiger partial charge in [-0.25, -0.2) is 18.3 Å². The number of benzene rings is 4. The van der Waals surface area contributed by atoms with Gasteiger partial charge in [-0.2, -0.15) is 0 Å². The van der Waals surface area contributed by atoms with Crippen molar-refractivity contribution in [1.29, 1.82) is 0 Å². The summed E-state index contributed by atoms with van der Waals surface area (Å²) in [5.74, 6) is 0.00677. The van der Waals surface area contributed by atoms with Crippen LogP contribution in [0, 0.1) is 0 Å². The van der Waals surface area contributed by atoms with Gasteiger partial charge in [0.05, 0.1) is 26.4 Å². The maximum atomic E-state index is 11.9. The van der Waals surface area contributed by atoms with Gasteiger partial charge in [0.2, 0.25) is 27.2 Å². The molecule has 4 aliphatic heterocycles. The van der Waals surface area contributed by atoms with Crippen molar-refractivity contribution >= 4 is 31.3 Å². The molecule has 0 radical (unpaired) electrons. The standard InChI is InChI=1S/C44H52O24P4/c45-69(46,47)65-9-1-5-25-29-13-31-26(6-2-10-66-70(48,49)50)33-15-35-28(8-4-12-68-72(54,55)56)36-16-34-27(7-3-11-67-71(51,52)53)32-14-30(25)38-18-40(32)60-23-62-42(34)20-44(36)64-24-63-43(35)19-41(33)61-22-59-39(31)17-37(29)57-21-58-38/h13-20,25-28H,1-12,21-24H2,(H2,45,46,47)(H2,48,49,50)(H2,51,52,53)(H2,54,55,56). The zero-order valence-electron chi connectivity index (χ0n) is 38.1. The fourth-order valence-corrected chi connectivity index (χ4v) is 11.5. The van der Waals surface area contributed by atoms with Crippen LogP contribution in [0.4, 0.5) is 0 Å². The van der Waals surface area contributed by atoms with E-state index in [2.05, 4.69) is 0 Å². The van der Waals surface area contributed by atoms with Crippen molar-refractivity contribution in [2.75, 3.05) is 53.6 Å². The lowest BCUT2D eigenvalue weighted by Crippen LogP contribution is -2.22. The van der Waals surface area contributed by atoms with Crippen LogP contribution < -0.4 is 37.9 Å². The molecule has 9 rings (SSSR count). The number of hydrogen-bond acceptors (Lipinski definition) is 16. The maximum absolute atomic E-state index is 11.9. The van der Waals surface area contributed by atoms with E-state index >= 15 is 0 Å². The molecule has 0 aromatic heterocycles. The normalized spacial score (nSPS) is 19.8. The van der Waals surface area contributed by atoms with Gasteiger partial charge in [0, 0.05) is 92.4 Å². The first-order valence-electron chi connectivity index (χ1n) is 22.7. The topological polar surface area (TPSA) is 341 Å². The number of phosphoric ester groups is 4. The zero-order chi connectivity index (χ0) is 51.0. The van der Waals surface area contributed by atoms with E-state index < -0.39 is 55.0 Å². The monoisotopic (exact) mass is 1090 g/mol. The van der Waals surface area contributed by atoms with Gasteiger partial charge in [0.15, 0.2) is 0 Å². The molecule has 0 atom stereocenters. The van der Waals surface area contributed by atoms with E-state index in [0.29, 0.717) is 90.5 Å². The second-order valence-electron chi connectivity index (χ2n) is 17.4. The fraction of sp³-hybridized carbons (Fsp3) is 0.455. The van der Waals surface area contributed by atoms with E-state index in [1.54, 1.807) is 24.3 Å². The molecular formula is C44H52O24P4. The van der Waals surface area contributed by atoms with Crippen molar-refractivity contribution in [2.45, 2.75) is 75.0 Å². The molecule has 72 heavy (non-hydrogen) atoms. The molecule has 0 saturated carbocycles. The second kappa shape index (κ2) is 21.5. The Labute approximate surface area is 411 Å². The molecule has 0 unspecified atom stereocenters. The molecular weight excluding hydrogens is 1040 g/mol. The van der Waals surface area contributed by atoms with Gasteiger partial charge < -0.3 is 77.0 Å². The summed E-state index contributed by atoms with van der Waals surface area (Å²) < 4.78 is 118. The second-order valence-corrected chi connectivity index (χ2v) is 22.4. The molecule has 392 valence electrons. The van der Waals surface area contributed by atoms with E-state index in [-0.39, 0.29) is 105 Å². The number of hydrogen-bond donors (Lipinski definition) is 8. The van der Waals surface area contributed by atoms with Crippen LogP contribution >= 0.6 is 31.3 Å². The SMILES string of the molecule is O=P(O)(O)OCCCC1c2cc3c4cc2OCOc2cc5c(cc21)C(CCCOP(=O)(O)O)c1cc2c(cc1OCO5)OCOc1cc(c(cc1C2CCCOP(=O)(O)O)C3CCCOP(=O)(O)O)OCO4. The third-order valence-electron chi connectivity index (χ3n) is 12.9. The Kier molecular flexibility index (Phi) is 15.7. The molecule has 1 aliphatic carbocycles. The molecule has 28 heteroatoms. The lowest BCUT2D eigenvalue weighted by atomic mass is 9.76. The zero-order valence-corrected chi connectivity index (χ0v) is 41.7. The minimum absolute atomic E-state index is 0.119. The summed E-state index contributed by atoms with van der Waals surface area (Å²) in [4.78, 5) is 77.0. The van der Waals surface area contributed by atoms with E-state index in [4.69, 9.17) is 56.0 Å². The Morgan fingerprint density at radius 3 is 0.639 bits per heavy atom. The Morgan fingerprint density at radius 2 is 0.486 bits per heavy atom. The van der Waals surface area contributed by atoms with Crippen molar-refractivity contribution in [2.24, 2.45) is 0 Å². The predicted molar refractivity (Wildman–Crippen MR) is 247 cm³/mol. The van der Waals surface area contributed by atoms with Crippen molar-refractivity contribution in [3.05, 3.63) is 93.0 Å². The van der Waals surface area contributed by atoms with Crippen LogP contribution in [0.1, 0.15) is 120 Å². The largest absolute Gasteiger partial charge is 0.469 e. The van der Waals surface area contributed by atoms with Crippen molar-refractivity contribution in [3.8, 4) is 46.0 Å². The van der Waals surface area contributed by atoms with Crippen molar-refractivity contribution in [3.63, 3.8) is 0 Å². The highest BCUT2D eigenvalue weighted by atomic mass is 31.2. The summed E-state index contributed by atoms with van der Waals surface area (Å²) in [6, 6.07) is 14.4. The molecule has 0 spiro atoms. The highest BCUT2D eigenvalue weighted by molar-refractivity contribution is 7.47. The minimum Gasteiger partial charge on any atom is -0.457 e. The Balaban J connectivity index is 1.32. The minimum atomic E-state index is -4.86. The third kappa shape index (κ3) is 12.6. The van der Waals surface area contributed by atoms with Crippen LogP contribution in [0.15, 0.2) is 48.5 Å². The fourth-order valence-electron chi connectivity index (χ4n) is 9.98. The number of ether oxygens (including phenoxy) is 8. The van der Waals surface area contributed by atoms with Gasteiger partial charge >= 0.3 is 31.3 Å². The van der Waals surface area contributed by atoms with Gasteiger partial charge in [-0.05, 0) is 75.6 Å². The maximum Gasteiger partial charge on any atom is 0.469 e. The van der Waals surface area contributed by atoms with E-state index in [0.717, 1.165) is 0 Å². The Bertz CT molecular complexity index is 2360. The lowest BCUT2D eigenvalue weighted by molar-refractivity contribution is 0.0980. The smallest absolute Gasteiger partial charge is 0.457 e. The van der Waals surface area contributed by atoms with Gasteiger partial charge in [-0.15, -0.1) is 0 Å². The summed E-state index contributed by atoms with van der Waals surface area (Å²) in [6.07, 6.45) is 1.30. The summed E-state index contributed by atoms with van der Waals surface area (Å²) in [7, 11) is -19.5. The molecule has 4 aromatic rings. The third-order valence-corrected chi connectivity index (χ3v) is 14.9. The summed E-state index contributed by atoms with van der Waals surface area (Å²) in [6.45, 7) is -2.51. The molecule has 0 fully saturated rings. The van der Waals surface area contributed by atoms with Crippen LogP contribution in [0.25, 0.3) is 0 Å². The molecule has 8 N–H and O–H groups in total. The quantitative estimate of drug-likeness (QED) is 0.0326. The Morgan fingerprint density at radius 1 is 0.319 bits per heavy atom. The molecule has 5 aliphatic rings. The highest BCUT2D eigenvalue weighted by Crippen LogP contribution is 2.55. The summed E-state index contributed by atoms with van der Waals surface area (Å²) >= 11 is 0.